The van der Waals surface area contributed by atoms with E-state index in [1.165, 1.54) is 5.56 Å². The van der Waals surface area contributed by atoms with Crippen LogP contribution in [0.3, 0.4) is 0 Å². The highest BCUT2D eigenvalue weighted by molar-refractivity contribution is 5.98. The van der Waals surface area contributed by atoms with Crippen molar-refractivity contribution >= 4 is 11.7 Å². The fraction of sp³-hybridized carbons (Fsp3) is 0.385. The molecule has 0 aromatic heterocycles. The molecule has 16 heavy (non-hydrogen) atoms. The second kappa shape index (κ2) is 3.74. The Kier molecular flexibility index (Phi) is 2.24. The quantitative estimate of drug-likeness (QED) is 0.717. The first-order valence-electron chi connectivity index (χ1n) is 5.76. The van der Waals surface area contributed by atoms with Crippen molar-refractivity contribution in [2.24, 2.45) is 4.99 Å². The highest BCUT2D eigenvalue weighted by Crippen LogP contribution is 2.32. The van der Waals surface area contributed by atoms with Crippen molar-refractivity contribution in [1.29, 1.82) is 0 Å². The van der Waals surface area contributed by atoms with Gasteiger partial charge in [-0.15, -0.1) is 0 Å². The monoisotopic (exact) mass is 214 g/mol. The minimum Gasteiger partial charge on any atom is -0.352 e. The average Bonchev–Trinajstić information content (AvgIpc) is 2.77. The first-order chi connectivity index (χ1) is 7.84. The molecule has 0 N–H and O–H groups in total. The molecule has 0 aliphatic carbocycles. The summed E-state index contributed by atoms with van der Waals surface area (Å²) in [4.78, 5) is 18.0. The lowest BCUT2D eigenvalue weighted by molar-refractivity contribution is -0.119. The van der Waals surface area contributed by atoms with Crippen LogP contribution in [0.2, 0.25) is 0 Å². The van der Waals surface area contributed by atoms with Gasteiger partial charge in [-0.1, -0.05) is 30.3 Å². The summed E-state index contributed by atoms with van der Waals surface area (Å²) in [5.41, 5.74) is 1.23. The number of benzene rings is 1. The molecular formula is C13H14N2O. The van der Waals surface area contributed by atoms with Gasteiger partial charge < -0.3 is 4.90 Å². The molecule has 1 unspecified atom stereocenters. The third-order valence-electron chi connectivity index (χ3n) is 3.31. The minimum absolute atomic E-state index is 0.0296. The van der Waals surface area contributed by atoms with Crippen molar-refractivity contribution in [2.75, 3.05) is 6.54 Å². The van der Waals surface area contributed by atoms with E-state index in [2.05, 4.69) is 22.0 Å². The van der Waals surface area contributed by atoms with E-state index < -0.39 is 0 Å². The van der Waals surface area contributed by atoms with Crippen LogP contribution in [-0.4, -0.2) is 23.2 Å². The molecule has 2 aliphatic heterocycles. The summed E-state index contributed by atoms with van der Waals surface area (Å²) in [6.07, 6.45) is 2.60. The number of carbonyl (C=O) groups is 1. The van der Waals surface area contributed by atoms with Gasteiger partial charge >= 0.3 is 0 Å². The molecule has 3 rings (SSSR count). The SMILES string of the molecule is O=C1CC(c2ccccc2)N2CCCC2=N1. The van der Waals surface area contributed by atoms with E-state index in [1.807, 2.05) is 18.2 Å². The molecule has 82 valence electrons. The summed E-state index contributed by atoms with van der Waals surface area (Å²) < 4.78 is 0. The molecule has 2 heterocycles. The summed E-state index contributed by atoms with van der Waals surface area (Å²) in [5.74, 6) is 1.02. The summed E-state index contributed by atoms with van der Waals surface area (Å²) >= 11 is 0. The van der Waals surface area contributed by atoms with Gasteiger partial charge in [0.15, 0.2) is 0 Å². The summed E-state index contributed by atoms with van der Waals surface area (Å²) in [6, 6.07) is 10.5. The van der Waals surface area contributed by atoms with Gasteiger partial charge in [-0.2, -0.15) is 0 Å². The lowest BCUT2D eigenvalue weighted by Gasteiger charge is -2.32. The minimum atomic E-state index is 0.0296. The Morgan fingerprint density at radius 1 is 1.25 bits per heavy atom. The number of aliphatic imine (C=N–C) groups is 1. The first kappa shape index (κ1) is 9.58. The topological polar surface area (TPSA) is 32.7 Å². The average molecular weight is 214 g/mol. The van der Waals surface area contributed by atoms with Crippen molar-refractivity contribution in [2.45, 2.75) is 25.3 Å². The maximum absolute atomic E-state index is 11.6. The molecule has 1 aromatic carbocycles. The van der Waals surface area contributed by atoms with E-state index in [0.717, 1.165) is 25.2 Å². The van der Waals surface area contributed by atoms with E-state index in [4.69, 9.17) is 0 Å². The number of amides is 1. The van der Waals surface area contributed by atoms with Gasteiger partial charge in [0.2, 0.25) is 5.91 Å². The number of nitrogens with zero attached hydrogens (tertiary/aromatic N) is 2. The third kappa shape index (κ3) is 1.52. The molecule has 3 nitrogen and oxygen atoms in total. The second-order valence-electron chi connectivity index (χ2n) is 4.35. The molecule has 0 saturated carbocycles. The van der Waals surface area contributed by atoms with E-state index in [1.54, 1.807) is 0 Å². The van der Waals surface area contributed by atoms with Gasteiger partial charge in [-0.3, -0.25) is 4.79 Å². The fourth-order valence-electron chi connectivity index (χ4n) is 2.57. The molecule has 1 saturated heterocycles. The number of carbonyl (C=O) groups excluding carboxylic acids is 1. The highest BCUT2D eigenvalue weighted by Gasteiger charge is 2.33. The van der Waals surface area contributed by atoms with E-state index in [-0.39, 0.29) is 11.9 Å². The predicted molar refractivity (Wildman–Crippen MR) is 62.2 cm³/mol. The van der Waals surface area contributed by atoms with Gasteiger partial charge in [0.05, 0.1) is 12.5 Å². The summed E-state index contributed by atoms with van der Waals surface area (Å²) in [6.45, 7) is 1.03. The van der Waals surface area contributed by atoms with Crippen LogP contribution >= 0.6 is 0 Å². The zero-order valence-corrected chi connectivity index (χ0v) is 9.10. The van der Waals surface area contributed by atoms with Crippen LogP contribution in [0.25, 0.3) is 0 Å². The number of hydrogen-bond donors (Lipinski definition) is 0. The van der Waals surface area contributed by atoms with Crippen LogP contribution < -0.4 is 0 Å². The molecule has 1 amide bonds. The van der Waals surface area contributed by atoms with Crippen LogP contribution in [0.5, 0.6) is 0 Å². The zero-order chi connectivity index (χ0) is 11.0. The van der Waals surface area contributed by atoms with E-state index in [9.17, 15) is 4.79 Å². The lowest BCUT2D eigenvalue weighted by atomic mass is 10.0. The Labute approximate surface area is 94.8 Å². The normalized spacial score (nSPS) is 24.2. The highest BCUT2D eigenvalue weighted by atomic mass is 16.1. The smallest absolute Gasteiger partial charge is 0.249 e. The molecule has 1 fully saturated rings. The molecule has 1 atom stereocenters. The van der Waals surface area contributed by atoms with E-state index >= 15 is 0 Å². The van der Waals surface area contributed by atoms with Crippen LogP contribution in [-0.2, 0) is 4.79 Å². The van der Waals surface area contributed by atoms with Gasteiger partial charge in [0.25, 0.3) is 0 Å². The van der Waals surface area contributed by atoms with Crippen LogP contribution in [0, 0.1) is 0 Å². The number of amidine groups is 1. The van der Waals surface area contributed by atoms with Gasteiger partial charge in [0.1, 0.15) is 5.84 Å². The maximum atomic E-state index is 11.6. The van der Waals surface area contributed by atoms with Crippen molar-refractivity contribution in [1.82, 2.24) is 4.90 Å². The van der Waals surface area contributed by atoms with Gasteiger partial charge in [-0.25, -0.2) is 4.99 Å². The Morgan fingerprint density at radius 3 is 2.88 bits per heavy atom. The Balaban J connectivity index is 1.97. The van der Waals surface area contributed by atoms with Crippen molar-refractivity contribution < 1.29 is 4.79 Å². The van der Waals surface area contributed by atoms with Crippen molar-refractivity contribution in [3.8, 4) is 0 Å². The summed E-state index contributed by atoms with van der Waals surface area (Å²) in [5, 5.41) is 0. The molecular weight excluding hydrogens is 200 g/mol. The van der Waals surface area contributed by atoms with Crippen molar-refractivity contribution in [3.05, 3.63) is 35.9 Å². The number of fused-ring (bicyclic) bond motifs is 1. The molecule has 1 aromatic rings. The van der Waals surface area contributed by atoms with Gasteiger partial charge in [0, 0.05) is 13.0 Å². The molecule has 2 aliphatic rings. The van der Waals surface area contributed by atoms with Gasteiger partial charge in [-0.05, 0) is 12.0 Å². The Morgan fingerprint density at radius 2 is 2.06 bits per heavy atom. The van der Waals surface area contributed by atoms with E-state index in [0.29, 0.717) is 6.42 Å². The molecule has 3 heteroatoms. The Hall–Kier alpha value is -1.64. The molecule has 0 radical (unpaired) electrons. The fourth-order valence-corrected chi connectivity index (χ4v) is 2.57. The Bertz CT molecular complexity index is 439. The lowest BCUT2D eigenvalue weighted by Crippen LogP contribution is -2.35. The van der Waals surface area contributed by atoms with Crippen LogP contribution in [0.1, 0.15) is 30.9 Å². The standard InChI is InChI=1S/C13H14N2O/c16-13-9-11(10-5-2-1-3-6-10)15-8-4-7-12(15)14-13/h1-3,5-6,11H,4,7-9H2. The molecule has 0 spiro atoms. The summed E-state index contributed by atoms with van der Waals surface area (Å²) in [7, 11) is 0. The largest absolute Gasteiger partial charge is 0.352 e. The van der Waals surface area contributed by atoms with Crippen molar-refractivity contribution in [3.63, 3.8) is 0 Å². The number of rotatable bonds is 1. The predicted octanol–water partition coefficient (Wildman–Crippen LogP) is 2.15. The third-order valence-corrected chi connectivity index (χ3v) is 3.31. The molecule has 0 bridgehead atoms. The zero-order valence-electron chi connectivity index (χ0n) is 9.10. The van der Waals surface area contributed by atoms with Crippen LogP contribution in [0.4, 0.5) is 0 Å². The second-order valence-corrected chi connectivity index (χ2v) is 4.35. The first-order valence-corrected chi connectivity index (χ1v) is 5.76. The maximum Gasteiger partial charge on any atom is 0.249 e. The number of hydrogen-bond acceptors (Lipinski definition) is 2. The van der Waals surface area contributed by atoms with Crippen LogP contribution in [0.15, 0.2) is 35.3 Å².